The molecule has 0 bridgehead atoms. The van der Waals surface area contributed by atoms with Gasteiger partial charge in [0, 0.05) is 18.7 Å². The predicted octanol–water partition coefficient (Wildman–Crippen LogP) is 6.32. The van der Waals surface area contributed by atoms with Gasteiger partial charge in [-0.3, -0.25) is 4.79 Å². The number of nitrogens with zero attached hydrogens (tertiary/aromatic N) is 1. The van der Waals surface area contributed by atoms with Crippen LogP contribution in [-0.2, 0) is 6.54 Å². The highest BCUT2D eigenvalue weighted by Crippen LogP contribution is 2.24. The average Bonchev–Trinajstić information content (AvgIpc) is 2.71. The molecule has 27 heavy (non-hydrogen) atoms. The maximum Gasteiger partial charge on any atom is 0.254 e. The SMILES string of the molecule is CC.CC1=Cc2ccccc2CN(C(=O)c2cccc3ccccc23)CC1. The molecular formula is C25H27NO. The summed E-state index contributed by atoms with van der Waals surface area (Å²) < 4.78 is 0. The Bertz CT molecular complexity index is 965. The number of rotatable bonds is 1. The molecule has 0 N–H and O–H groups in total. The molecule has 0 aromatic heterocycles. The smallest absolute Gasteiger partial charge is 0.254 e. The van der Waals surface area contributed by atoms with E-state index >= 15 is 0 Å². The molecule has 0 radical (unpaired) electrons. The molecule has 0 unspecified atom stereocenters. The molecule has 0 saturated carbocycles. The lowest BCUT2D eigenvalue weighted by atomic mass is 9.99. The molecule has 2 heteroatoms. The van der Waals surface area contributed by atoms with E-state index in [1.807, 2.05) is 55.1 Å². The van der Waals surface area contributed by atoms with E-state index in [4.69, 9.17) is 0 Å². The van der Waals surface area contributed by atoms with Crippen LogP contribution in [0.1, 0.15) is 48.7 Å². The summed E-state index contributed by atoms with van der Waals surface area (Å²) in [5.74, 6) is 0.112. The molecule has 2 nitrogen and oxygen atoms in total. The molecule has 1 aliphatic heterocycles. The standard InChI is InChI=1S/C23H21NO.C2H6/c1-17-13-14-24(16-20-9-3-2-8-19(20)15-17)23(25)22-12-6-10-18-7-4-5-11-21(18)22;1-2/h2-12,15H,13-14,16H2,1H3;1-2H3. The van der Waals surface area contributed by atoms with Gasteiger partial charge in [0.15, 0.2) is 0 Å². The molecule has 0 saturated heterocycles. The number of benzene rings is 3. The minimum atomic E-state index is 0.112. The topological polar surface area (TPSA) is 20.3 Å². The third-order valence-electron chi connectivity index (χ3n) is 4.90. The normalized spacial score (nSPS) is 13.6. The maximum atomic E-state index is 13.3. The molecule has 1 amide bonds. The van der Waals surface area contributed by atoms with Crippen LogP contribution in [0.25, 0.3) is 16.8 Å². The Morgan fingerprint density at radius 1 is 0.889 bits per heavy atom. The summed E-state index contributed by atoms with van der Waals surface area (Å²) in [5.41, 5.74) is 4.52. The van der Waals surface area contributed by atoms with Gasteiger partial charge in [-0.2, -0.15) is 0 Å². The van der Waals surface area contributed by atoms with Crippen molar-refractivity contribution < 1.29 is 4.79 Å². The second-order valence-corrected chi connectivity index (χ2v) is 6.69. The zero-order valence-electron chi connectivity index (χ0n) is 16.4. The van der Waals surface area contributed by atoms with Crippen LogP contribution in [0.2, 0.25) is 0 Å². The number of carbonyl (C=O) groups excluding carboxylic acids is 1. The monoisotopic (exact) mass is 357 g/mol. The van der Waals surface area contributed by atoms with E-state index in [9.17, 15) is 4.79 Å². The fraction of sp³-hybridized carbons (Fsp3) is 0.240. The summed E-state index contributed by atoms with van der Waals surface area (Å²) in [4.78, 5) is 15.3. The first-order valence-electron chi connectivity index (χ1n) is 9.74. The minimum Gasteiger partial charge on any atom is -0.334 e. The Morgan fingerprint density at radius 3 is 2.44 bits per heavy atom. The molecule has 4 rings (SSSR count). The van der Waals surface area contributed by atoms with Crippen molar-refractivity contribution in [3.63, 3.8) is 0 Å². The lowest BCUT2D eigenvalue weighted by Crippen LogP contribution is -2.32. The average molecular weight is 357 g/mol. The van der Waals surface area contributed by atoms with E-state index in [1.54, 1.807) is 0 Å². The summed E-state index contributed by atoms with van der Waals surface area (Å²) in [6, 6.07) is 22.4. The number of carbonyl (C=O) groups is 1. The van der Waals surface area contributed by atoms with Gasteiger partial charge in [0.2, 0.25) is 0 Å². The number of hydrogen-bond donors (Lipinski definition) is 0. The summed E-state index contributed by atoms with van der Waals surface area (Å²) in [5, 5.41) is 2.13. The number of fused-ring (bicyclic) bond motifs is 2. The van der Waals surface area contributed by atoms with Gasteiger partial charge in [-0.15, -0.1) is 0 Å². The van der Waals surface area contributed by atoms with Gasteiger partial charge in [-0.05, 0) is 41.3 Å². The van der Waals surface area contributed by atoms with Crippen molar-refractivity contribution >= 4 is 22.8 Å². The van der Waals surface area contributed by atoms with E-state index in [0.717, 1.165) is 29.3 Å². The fourth-order valence-electron chi connectivity index (χ4n) is 3.51. The Labute approximate surface area is 162 Å². The van der Waals surface area contributed by atoms with Crippen LogP contribution in [0.3, 0.4) is 0 Å². The third kappa shape index (κ3) is 4.11. The summed E-state index contributed by atoms with van der Waals surface area (Å²) in [6.45, 7) is 7.55. The largest absolute Gasteiger partial charge is 0.334 e. The second kappa shape index (κ2) is 8.68. The van der Waals surface area contributed by atoms with Crippen LogP contribution >= 0.6 is 0 Å². The number of amides is 1. The minimum absolute atomic E-state index is 0.112. The van der Waals surface area contributed by atoms with Gasteiger partial charge in [0.1, 0.15) is 0 Å². The van der Waals surface area contributed by atoms with E-state index in [2.05, 4.69) is 43.3 Å². The van der Waals surface area contributed by atoms with E-state index in [-0.39, 0.29) is 5.91 Å². The van der Waals surface area contributed by atoms with Crippen molar-refractivity contribution in [1.29, 1.82) is 0 Å². The maximum absolute atomic E-state index is 13.3. The summed E-state index contributed by atoms with van der Waals surface area (Å²) in [6.07, 6.45) is 3.15. The Kier molecular flexibility index (Phi) is 6.08. The van der Waals surface area contributed by atoms with Crippen LogP contribution in [0.5, 0.6) is 0 Å². The quantitative estimate of drug-likeness (QED) is 0.499. The van der Waals surface area contributed by atoms with Gasteiger partial charge >= 0.3 is 0 Å². The third-order valence-corrected chi connectivity index (χ3v) is 4.90. The second-order valence-electron chi connectivity index (χ2n) is 6.69. The summed E-state index contributed by atoms with van der Waals surface area (Å²) in [7, 11) is 0. The van der Waals surface area contributed by atoms with Crippen LogP contribution in [0.4, 0.5) is 0 Å². The van der Waals surface area contributed by atoms with E-state index < -0.39 is 0 Å². The lowest BCUT2D eigenvalue weighted by molar-refractivity contribution is 0.0746. The highest BCUT2D eigenvalue weighted by molar-refractivity contribution is 6.07. The highest BCUT2D eigenvalue weighted by Gasteiger charge is 2.20. The van der Waals surface area contributed by atoms with Crippen LogP contribution < -0.4 is 0 Å². The predicted molar refractivity (Wildman–Crippen MR) is 115 cm³/mol. The number of hydrogen-bond acceptors (Lipinski definition) is 1. The van der Waals surface area contributed by atoms with Crippen molar-refractivity contribution in [2.75, 3.05) is 6.54 Å². The fourth-order valence-corrected chi connectivity index (χ4v) is 3.51. The molecule has 1 heterocycles. The Balaban J connectivity index is 0.00000102. The van der Waals surface area contributed by atoms with Gasteiger partial charge in [-0.1, -0.05) is 86.2 Å². The Hall–Kier alpha value is -2.87. The highest BCUT2D eigenvalue weighted by atomic mass is 16.2. The van der Waals surface area contributed by atoms with Gasteiger partial charge in [-0.25, -0.2) is 0 Å². The molecule has 0 atom stereocenters. The van der Waals surface area contributed by atoms with Gasteiger partial charge in [0.05, 0.1) is 0 Å². The molecule has 3 aromatic carbocycles. The molecule has 3 aromatic rings. The molecule has 1 aliphatic rings. The van der Waals surface area contributed by atoms with Crippen molar-refractivity contribution in [3.8, 4) is 0 Å². The summed E-state index contributed by atoms with van der Waals surface area (Å²) >= 11 is 0. The first kappa shape index (κ1) is 18.9. The van der Waals surface area contributed by atoms with E-state index in [0.29, 0.717) is 6.54 Å². The van der Waals surface area contributed by atoms with Crippen molar-refractivity contribution in [1.82, 2.24) is 4.90 Å². The molecule has 0 fully saturated rings. The molecule has 138 valence electrons. The van der Waals surface area contributed by atoms with Crippen LogP contribution in [0.15, 0.2) is 72.3 Å². The molecular weight excluding hydrogens is 330 g/mol. The van der Waals surface area contributed by atoms with E-state index in [1.165, 1.54) is 16.7 Å². The van der Waals surface area contributed by atoms with Crippen LogP contribution in [-0.4, -0.2) is 17.4 Å². The van der Waals surface area contributed by atoms with Crippen molar-refractivity contribution in [3.05, 3.63) is 89.0 Å². The van der Waals surface area contributed by atoms with Crippen molar-refractivity contribution in [2.45, 2.75) is 33.7 Å². The first-order chi connectivity index (χ1) is 13.2. The first-order valence-corrected chi connectivity index (χ1v) is 9.74. The zero-order chi connectivity index (χ0) is 19.2. The van der Waals surface area contributed by atoms with Gasteiger partial charge in [0.25, 0.3) is 5.91 Å². The van der Waals surface area contributed by atoms with Crippen LogP contribution in [0, 0.1) is 0 Å². The van der Waals surface area contributed by atoms with Gasteiger partial charge < -0.3 is 4.90 Å². The lowest BCUT2D eigenvalue weighted by Gasteiger charge is -2.26. The molecule has 0 aliphatic carbocycles. The Morgan fingerprint density at radius 2 is 1.59 bits per heavy atom. The van der Waals surface area contributed by atoms with Crippen molar-refractivity contribution in [2.24, 2.45) is 0 Å². The molecule has 0 spiro atoms. The zero-order valence-corrected chi connectivity index (χ0v) is 16.4.